The van der Waals surface area contributed by atoms with Gasteiger partial charge in [0.2, 0.25) is 0 Å². The van der Waals surface area contributed by atoms with Crippen LogP contribution in [0.1, 0.15) is 26.2 Å². The Balaban J connectivity index is 1.52. The predicted molar refractivity (Wildman–Crippen MR) is 95.8 cm³/mol. The molecular formula is C19H27ClN2. The second kappa shape index (κ2) is 7.52. The van der Waals surface area contributed by atoms with Crippen LogP contribution in [0.3, 0.4) is 0 Å². The summed E-state index contributed by atoms with van der Waals surface area (Å²) in [6.45, 7) is 8.15. The topological polar surface area (TPSA) is 6.48 Å². The summed E-state index contributed by atoms with van der Waals surface area (Å²) < 4.78 is 0. The Hall–Kier alpha value is -0.990. The van der Waals surface area contributed by atoms with Crippen molar-refractivity contribution in [1.29, 1.82) is 0 Å². The summed E-state index contributed by atoms with van der Waals surface area (Å²) >= 11 is 6.11. The maximum atomic E-state index is 6.11. The molecule has 3 heteroatoms. The van der Waals surface area contributed by atoms with Crippen molar-refractivity contribution < 1.29 is 0 Å². The third kappa shape index (κ3) is 3.85. The highest BCUT2D eigenvalue weighted by atomic mass is 35.5. The zero-order valence-electron chi connectivity index (χ0n) is 13.5. The zero-order valence-corrected chi connectivity index (χ0v) is 14.3. The number of piperazine rings is 1. The normalized spacial score (nSPS) is 23.9. The number of hydrogen-bond acceptors (Lipinski definition) is 2. The minimum atomic E-state index is 0.816. The van der Waals surface area contributed by atoms with Crippen molar-refractivity contribution in [2.45, 2.75) is 26.2 Å². The number of nitrogens with zero attached hydrogens (tertiary/aromatic N) is 2. The molecule has 1 aliphatic heterocycles. The second-order valence-corrected chi connectivity index (χ2v) is 7.04. The van der Waals surface area contributed by atoms with E-state index in [0.29, 0.717) is 0 Å². The van der Waals surface area contributed by atoms with E-state index in [0.717, 1.165) is 29.9 Å². The van der Waals surface area contributed by atoms with E-state index >= 15 is 0 Å². The quantitative estimate of drug-likeness (QED) is 0.740. The van der Waals surface area contributed by atoms with Gasteiger partial charge in [-0.1, -0.05) is 43.2 Å². The Morgan fingerprint density at radius 1 is 1.23 bits per heavy atom. The van der Waals surface area contributed by atoms with Gasteiger partial charge in [0, 0.05) is 43.4 Å². The van der Waals surface area contributed by atoms with E-state index in [9.17, 15) is 0 Å². The van der Waals surface area contributed by atoms with Crippen molar-refractivity contribution in [3.8, 4) is 0 Å². The molecule has 22 heavy (non-hydrogen) atoms. The van der Waals surface area contributed by atoms with Crippen molar-refractivity contribution in [2.75, 3.05) is 37.6 Å². The largest absolute Gasteiger partial charge is 0.369 e. The van der Waals surface area contributed by atoms with Gasteiger partial charge < -0.3 is 4.90 Å². The fraction of sp³-hybridized carbons (Fsp3) is 0.579. The van der Waals surface area contributed by atoms with Gasteiger partial charge in [0.25, 0.3) is 0 Å². The van der Waals surface area contributed by atoms with E-state index in [-0.39, 0.29) is 0 Å². The number of benzene rings is 1. The molecule has 1 fully saturated rings. The lowest BCUT2D eigenvalue weighted by Crippen LogP contribution is -2.48. The number of allylic oxidation sites excluding steroid dienone is 2. The van der Waals surface area contributed by atoms with Crippen LogP contribution in [0, 0.1) is 11.8 Å². The molecule has 0 N–H and O–H groups in total. The van der Waals surface area contributed by atoms with Crippen molar-refractivity contribution in [2.24, 2.45) is 11.8 Å². The van der Waals surface area contributed by atoms with Gasteiger partial charge in [-0.25, -0.2) is 0 Å². The summed E-state index contributed by atoms with van der Waals surface area (Å²) in [7, 11) is 0. The highest BCUT2D eigenvalue weighted by Crippen LogP contribution is 2.29. The molecule has 2 atom stereocenters. The number of rotatable bonds is 5. The number of hydrogen-bond donors (Lipinski definition) is 0. The molecule has 120 valence electrons. The zero-order chi connectivity index (χ0) is 15.4. The van der Waals surface area contributed by atoms with Gasteiger partial charge in [0.05, 0.1) is 0 Å². The molecule has 2 nitrogen and oxygen atoms in total. The first-order chi connectivity index (χ1) is 10.8. The molecule has 0 radical (unpaired) electrons. The van der Waals surface area contributed by atoms with Crippen LogP contribution in [-0.2, 0) is 0 Å². The van der Waals surface area contributed by atoms with E-state index in [4.69, 9.17) is 11.6 Å². The van der Waals surface area contributed by atoms with Crippen molar-refractivity contribution >= 4 is 17.3 Å². The fourth-order valence-corrected chi connectivity index (χ4v) is 3.99. The number of anilines is 1. The van der Waals surface area contributed by atoms with Gasteiger partial charge in [0.1, 0.15) is 0 Å². The predicted octanol–water partition coefficient (Wildman–Crippen LogP) is 4.45. The lowest BCUT2D eigenvalue weighted by molar-refractivity contribution is 0.191. The average molecular weight is 319 g/mol. The smallest absolute Gasteiger partial charge is 0.0426 e. The molecule has 0 spiro atoms. The van der Waals surface area contributed by atoms with E-state index in [1.54, 1.807) is 0 Å². The Morgan fingerprint density at radius 3 is 2.68 bits per heavy atom. The molecule has 1 aromatic carbocycles. The second-order valence-electron chi connectivity index (χ2n) is 6.61. The molecule has 1 saturated heterocycles. The molecule has 1 heterocycles. The lowest BCUT2D eigenvalue weighted by Gasteiger charge is -2.38. The third-order valence-corrected chi connectivity index (χ3v) is 5.45. The summed E-state index contributed by atoms with van der Waals surface area (Å²) in [5.41, 5.74) is 1.26. The van der Waals surface area contributed by atoms with E-state index in [1.807, 2.05) is 12.1 Å². The summed E-state index contributed by atoms with van der Waals surface area (Å²) in [6.07, 6.45) is 8.76. The monoisotopic (exact) mass is 318 g/mol. The molecule has 1 aromatic rings. The maximum absolute atomic E-state index is 6.11. The van der Waals surface area contributed by atoms with Crippen LogP contribution in [0.5, 0.6) is 0 Å². The first-order valence-corrected chi connectivity index (χ1v) is 9.03. The SMILES string of the molecule is CCC(CN1CCN(c2cccc(Cl)c2)CC1)C1C=CCC1. The minimum Gasteiger partial charge on any atom is -0.369 e. The van der Waals surface area contributed by atoms with E-state index in [2.05, 4.69) is 41.0 Å². The van der Waals surface area contributed by atoms with Gasteiger partial charge in [-0.2, -0.15) is 0 Å². The highest BCUT2D eigenvalue weighted by Gasteiger charge is 2.24. The van der Waals surface area contributed by atoms with Crippen molar-refractivity contribution in [3.63, 3.8) is 0 Å². The maximum Gasteiger partial charge on any atom is 0.0426 e. The molecule has 2 unspecified atom stereocenters. The minimum absolute atomic E-state index is 0.816. The van der Waals surface area contributed by atoms with Crippen LogP contribution in [-0.4, -0.2) is 37.6 Å². The average Bonchev–Trinajstić information content (AvgIpc) is 3.07. The van der Waals surface area contributed by atoms with Crippen LogP contribution in [0.15, 0.2) is 36.4 Å². The Labute approximate surface area is 139 Å². The van der Waals surface area contributed by atoms with Gasteiger partial charge in [-0.05, 0) is 42.9 Å². The van der Waals surface area contributed by atoms with Gasteiger partial charge >= 0.3 is 0 Å². The first-order valence-electron chi connectivity index (χ1n) is 8.66. The first kappa shape index (κ1) is 15.9. The fourth-order valence-electron chi connectivity index (χ4n) is 3.81. The Morgan fingerprint density at radius 2 is 2.05 bits per heavy atom. The van der Waals surface area contributed by atoms with E-state index < -0.39 is 0 Å². The molecule has 3 rings (SSSR count). The van der Waals surface area contributed by atoms with Crippen LogP contribution < -0.4 is 4.90 Å². The molecule has 2 aliphatic rings. The van der Waals surface area contributed by atoms with Crippen molar-refractivity contribution in [3.05, 3.63) is 41.4 Å². The van der Waals surface area contributed by atoms with Gasteiger partial charge in [-0.3, -0.25) is 4.90 Å². The summed E-state index contributed by atoms with van der Waals surface area (Å²) in [6, 6.07) is 8.24. The van der Waals surface area contributed by atoms with Crippen molar-refractivity contribution in [1.82, 2.24) is 4.90 Å². The van der Waals surface area contributed by atoms with Gasteiger partial charge in [0.15, 0.2) is 0 Å². The Bertz CT molecular complexity index is 506. The van der Waals surface area contributed by atoms with Crippen LogP contribution in [0.4, 0.5) is 5.69 Å². The molecule has 0 aromatic heterocycles. The summed E-state index contributed by atoms with van der Waals surface area (Å²) in [5.74, 6) is 1.65. The molecule has 1 aliphatic carbocycles. The van der Waals surface area contributed by atoms with Gasteiger partial charge in [-0.15, -0.1) is 0 Å². The number of halogens is 1. The van der Waals surface area contributed by atoms with Crippen LogP contribution in [0.2, 0.25) is 5.02 Å². The Kier molecular flexibility index (Phi) is 5.43. The third-order valence-electron chi connectivity index (χ3n) is 5.22. The molecule has 0 amide bonds. The van der Waals surface area contributed by atoms with Crippen LogP contribution >= 0.6 is 11.6 Å². The van der Waals surface area contributed by atoms with E-state index in [1.165, 1.54) is 44.6 Å². The summed E-state index contributed by atoms with van der Waals surface area (Å²) in [4.78, 5) is 5.11. The molecular weight excluding hydrogens is 292 g/mol. The molecule has 0 bridgehead atoms. The highest BCUT2D eigenvalue weighted by molar-refractivity contribution is 6.30. The van der Waals surface area contributed by atoms with Crippen LogP contribution in [0.25, 0.3) is 0 Å². The standard InChI is InChI=1S/C19H27ClN2/c1-2-16(17-6-3-4-7-17)15-21-10-12-22(13-11-21)19-9-5-8-18(20)14-19/h3,5-6,8-9,14,16-17H,2,4,7,10-13,15H2,1H3. The molecule has 0 saturated carbocycles. The lowest BCUT2D eigenvalue weighted by atomic mass is 9.89. The summed E-state index contributed by atoms with van der Waals surface area (Å²) in [5, 5.41) is 0.832.